The van der Waals surface area contributed by atoms with Gasteiger partial charge in [0.1, 0.15) is 11.5 Å². The lowest BCUT2D eigenvalue weighted by Crippen LogP contribution is -1.85. The second-order valence-corrected chi connectivity index (χ2v) is 3.35. The van der Waals surface area contributed by atoms with Gasteiger partial charge in [-0.3, -0.25) is 0 Å². The van der Waals surface area contributed by atoms with Gasteiger partial charge in [-0.05, 0) is 35.0 Å². The number of benzene rings is 2. The van der Waals surface area contributed by atoms with Crippen LogP contribution in [0.4, 0.5) is 5.69 Å². The summed E-state index contributed by atoms with van der Waals surface area (Å²) in [5, 5.41) is 2.01. The predicted octanol–water partition coefficient (Wildman–Crippen LogP) is 3.41. The molecular weight excluding hydrogens is 202 g/mol. The molecule has 0 aliphatic carbocycles. The Morgan fingerprint density at radius 2 is 1.81 bits per heavy atom. The summed E-state index contributed by atoms with van der Waals surface area (Å²) in [5.74, 6) is 1.39. The van der Waals surface area contributed by atoms with E-state index in [4.69, 9.17) is 16.0 Å². The first-order valence-corrected chi connectivity index (χ1v) is 4.81. The zero-order valence-electron chi connectivity index (χ0n) is 9.15. The van der Waals surface area contributed by atoms with E-state index in [1.54, 1.807) is 14.2 Å². The molecule has 0 aromatic heterocycles. The molecule has 0 amide bonds. The molecule has 3 heteroatoms. The molecule has 2 aromatic carbocycles. The Labute approximate surface area is 94.0 Å². The predicted molar refractivity (Wildman–Crippen MR) is 63.3 cm³/mol. The van der Waals surface area contributed by atoms with Crippen LogP contribution < -0.4 is 9.47 Å². The number of methoxy groups -OCH3 is 2. The Morgan fingerprint density at radius 1 is 1.00 bits per heavy atom. The highest BCUT2D eigenvalue weighted by molar-refractivity contribution is 5.90. The first-order valence-electron chi connectivity index (χ1n) is 4.81. The smallest absolute Gasteiger partial charge is 0.228 e. The summed E-state index contributed by atoms with van der Waals surface area (Å²) in [7, 11) is 3.20. The number of rotatable bonds is 2. The summed E-state index contributed by atoms with van der Waals surface area (Å²) in [5.41, 5.74) is 0.528. The molecule has 2 rings (SSSR count). The first-order chi connectivity index (χ1) is 7.78. The van der Waals surface area contributed by atoms with Crippen LogP contribution in [-0.2, 0) is 0 Å². The standard InChI is InChI=1S/C13H11NO2/c1-14-12-7-9-4-5-11(15-2)6-10(9)8-13(12)16-3/h4-8H,2-3H3. The Hall–Kier alpha value is -2.21. The maximum Gasteiger partial charge on any atom is 0.228 e. The lowest BCUT2D eigenvalue weighted by Gasteiger charge is -2.07. The summed E-state index contributed by atoms with van der Waals surface area (Å²) in [6.07, 6.45) is 0. The van der Waals surface area contributed by atoms with Gasteiger partial charge in [0.2, 0.25) is 5.69 Å². The molecule has 0 unspecified atom stereocenters. The molecule has 16 heavy (non-hydrogen) atoms. The van der Waals surface area contributed by atoms with Crippen LogP contribution >= 0.6 is 0 Å². The van der Waals surface area contributed by atoms with Gasteiger partial charge in [-0.1, -0.05) is 6.07 Å². The van der Waals surface area contributed by atoms with E-state index in [9.17, 15) is 0 Å². The quantitative estimate of drug-likeness (QED) is 0.713. The van der Waals surface area contributed by atoms with Crippen molar-refractivity contribution in [2.45, 2.75) is 0 Å². The van der Waals surface area contributed by atoms with Crippen LogP contribution in [-0.4, -0.2) is 14.2 Å². The second kappa shape index (κ2) is 4.11. The molecular formula is C13H11NO2. The van der Waals surface area contributed by atoms with Gasteiger partial charge in [0, 0.05) is 0 Å². The van der Waals surface area contributed by atoms with E-state index in [0.29, 0.717) is 11.4 Å². The minimum Gasteiger partial charge on any atom is -0.508 e. The van der Waals surface area contributed by atoms with Gasteiger partial charge in [-0.15, -0.1) is 0 Å². The summed E-state index contributed by atoms with van der Waals surface area (Å²) >= 11 is 0. The molecule has 0 saturated carbocycles. The van der Waals surface area contributed by atoms with E-state index in [2.05, 4.69) is 4.85 Å². The molecule has 0 atom stereocenters. The summed E-state index contributed by atoms with van der Waals surface area (Å²) in [6, 6.07) is 9.40. The molecule has 0 aliphatic rings. The zero-order valence-corrected chi connectivity index (χ0v) is 9.15. The number of hydrogen-bond acceptors (Lipinski definition) is 2. The van der Waals surface area contributed by atoms with Gasteiger partial charge in [-0.25, -0.2) is 4.85 Å². The maximum atomic E-state index is 7.06. The number of hydrogen-bond donors (Lipinski definition) is 0. The van der Waals surface area contributed by atoms with Gasteiger partial charge >= 0.3 is 0 Å². The van der Waals surface area contributed by atoms with E-state index in [1.807, 2.05) is 30.3 Å². The zero-order chi connectivity index (χ0) is 11.5. The van der Waals surface area contributed by atoms with Crippen molar-refractivity contribution in [1.82, 2.24) is 0 Å². The maximum absolute atomic E-state index is 7.06. The fraction of sp³-hybridized carbons (Fsp3) is 0.154. The number of nitrogens with zero attached hydrogens (tertiary/aromatic N) is 1. The summed E-state index contributed by atoms with van der Waals surface area (Å²) in [6.45, 7) is 7.06. The van der Waals surface area contributed by atoms with Crippen molar-refractivity contribution in [3.63, 3.8) is 0 Å². The van der Waals surface area contributed by atoms with Gasteiger partial charge < -0.3 is 9.47 Å². The van der Waals surface area contributed by atoms with Crippen LogP contribution in [0, 0.1) is 6.57 Å². The second-order valence-electron chi connectivity index (χ2n) is 3.35. The highest BCUT2D eigenvalue weighted by Crippen LogP contribution is 2.33. The van der Waals surface area contributed by atoms with Gasteiger partial charge in [0.15, 0.2) is 0 Å². The minimum atomic E-state index is 0.528. The fourth-order valence-electron chi connectivity index (χ4n) is 1.62. The Balaban J connectivity index is 2.69. The van der Waals surface area contributed by atoms with Crippen LogP contribution in [0.5, 0.6) is 11.5 Å². The van der Waals surface area contributed by atoms with Crippen LogP contribution in [0.25, 0.3) is 15.6 Å². The third-order valence-electron chi connectivity index (χ3n) is 2.47. The topological polar surface area (TPSA) is 22.8 Å². The molecule has 0 fully saturated rings. The van der Waals surface area contributed by atoms with E-state index < -0.39 is 0 Å². The highest BCUT2D eigenvalue weighted by atomic mass is 16.5. The molecule has 80 valence electrons. The largest absolute Gasteiger partial charge is 0.508 e. The van der Waals surface area contributed by atoms with Crippen molar-refractivity contribution in [3.8, 4) is 11.5 Å². The Kier molecular flexibility index (Phi) is 2.65. The normalized spacial score (nSPS) is 9.81. The van der Waals surface area contributed by atoms with Crippen LogP contribution in [0.15, 0.2) is 30.3 Å². The highest BCUT2D eigenvalue weighted by Gasteiger charge is 2.05. The van der Waals surface area contributed by atoms with Crippen molar-refractivity contribution in [2.75, 3.05) is 14.2 Å². The summed E-state index contributed by atoms with van der Waals surface area (Å²) in [4.78, 5) is 3.43. The Morgan fingerprint density at radius 3 is 2.44 bits per heavy atom. The molecule has 0 spiro atoms. The van der Waals surface area contributed by atoms with E-state index in [1.165, 1.54) is 0 Å². The Bertz CT molecular complexity index is 570. The van der Waals surface area contributed by atoms with Crippen LogP contribution in [0.1, 0.15) is 0 Å². The fourth-order valence-corrected chi connectivity index (χ4v) is 1.62. The third kappa shape index (κ3) is 1.66. The lowest BCUT2D eigenvalue weighted by molar-refractivity contribution is 0.414. The monoisotopic (exact) mass is 213 g/mol. The van der Waals surface area contributed by atoms with Crippen molar-refractivity contribution < 1.29 is 9.47 Å². The SMILES string of the molecule is [C-]#[N+]c1cc2ccc(OC)cc2cc1OC. The van der Waals surface area contributed by atoms with Crippen molar-refractivity contribution in [3.05, 3.63) is 41.7 Å². The van der Waals surface area contributed by atoms with E-state index in [0.717, 1.165) is 16.5 Å². The third-order valence-corrected chi connectivity index (χ3v) is 2.47. The first kappa shape index (κ1) is 10.3. The average Bonchev–Trinajstić information content (AvgIpc) is 2.36. The molecule has 0 aliphatic heterocycles. The molecule has 0 heterocycles. The van der Waals surface area contributed by atoms with Gasteiger partial charge in [0.25, 0.3) is 0 Å². The minimum absolute atomic E-state index is 0.528. The number of ether oxygens (including phenoxy) is 2. The van der Waals surface area contributed by atoms with Gasteiger partial charge in [-0.2, -0.15) is 0 Å². The molecule has 2 aromatic rings. The molecule has 0 N–H and O–H groups in total. The molecule has 3 nitrogen and oxygen atoms in total. The van der Waals surface area contributed by atoms with Crippen molar-refractivity contribution in [1.29, 1.82) is 0 Å². The van der Waals surface area contributed by atoms with Gasteiger partial charge in [0.05, 0.1) is 20.8 Å². The lowest BCUT2D eigenvalue weighted by atomic mass is 10.1. The van der Waals surface area contributed by atoms with E-state index >= 15 is 0 Å². The number of fused-ring (bicyclic) bond motifs is 1. The summed E-state index contributed by atoms with van der Waals surface area (Å²) < 4.78 is 10.3. The van der Waals surface area contributed by atoms with Crippen molar-refractivity contribution in [2.24, 2.45) is 0 Å². The van der Waals surface area contributed by atoms with Crippen LogP contribution in [0.3, 0.4) is 0 Å². The molecule has 0 bridgehead atoms. The molecule has 0 saturated heterocycles. The van der Waals surface area contributed by atoms with Crippen molar-refractivity contribution >= 4 is 16.5 Å². The van der Waals surface area contributed by atoms with Crippen LogP contribution in [0.2, 0.25) is 0 Å². The average molecular weight is 213 g/mol. The van der Waals surface area contributed by atoms with E-state index in [-0.39, 0.29) is 0 Å². The molecule has 0 radical (unpaired) electrons.